The Kier molecular flexibility index (Phi) is 4.34. The van der Waals surface area contributed by atoms with Gasteiger partial charge in [-0.15, -0.1) is 0 Å². The van der Waals surface area contributed by atoms with E-state index in [4.69, 9.17) is 0 Å². The number of carbonyl (C=O) groups excluding carboxylic acids is 1. The number of anilines is 1. The zero-order valence-electron chi connectivity index (χ0n) is 11.0. The second-order valence-electron chi connectivity index (χ2n) is 4.38. The van der Waals surface area contributed by atoms with E-state index in [9.17, 15) is 18.3 Å². The van der Waals surface area contributed by atoms with Gasteiger partial charge in [0.05, 0.1) is 16.6 Å². The number of benzene rings is 2. The molecule has 5 nitrogen and oxygen atoms in total. The molecule has 1 N–H and O–H groups in total. The van der Waals surface area contributed by atoms with Gasteiger partial charge in [-0.3, -0.25) is 4.72 Å². The summed E-state index contributed by atoms with van der Waals surface area (Å²) >= 11 is 3.30. The quantitative estimate of drug-likeness (QED) is 0.892. The molecule has 0 atom stereocenters. The molecule has 2 aromatic carbocycles. The van der Waals surface area contributed by atoms with Gasteiger partial charge in [0.15, 0.2) is 0 Å². The Morgan fingerprint density at radius 3 is 2.29 bits per heavy atom. The lowest BCUT2D eigenvalue weighted by Crippen LogP contribution is -2.22. The van der Waals surface area contributed by atoms with Crippen LogP contribution in [0.3, 0.4) is 0 Å². The van der Waals surface area contributed by atoms with E-state index in [1.165, 1.54) is 24.3 Å². The van der Waals surface area contributed by atoms with Crippen molar-refractivity contribution in [2.75, 3.05) is 4.72 Å². The zero-order valence-corrected chi connectivity index (χ0v) is 13.4. The number of carboxylic acid groups (broad SMARTS) is 1. The molecule has 0 aliphatic rings. The van der Waals surface area contributed by atoms with Crippen molar-refractivity contribution in [2.24, 2.45) is 0 Å². The number of sulfonamides is 1. The van der Waals surface area contributed by atoms with Gasteiger partial charge < -0.3 is 9.90 Å². The monoisotopic (exact) mass is 368 g/mol. The first-order chi connectivity index (χ1) is 9.79. The van der Waals surface area contributed by atoms with Crippen molar-refractivity contribution in [1.29, 1.82) is 0 Å². The molecule has 2 rings (SSSR count). The maximum Gasteiger partial charge on any atom is 0.261 e. The van der Waals surface area contributed by atoms with E-state index in [0.29, 0.717) is 5.69 Å². The van der Waals surface area contributed by atoms with Gasteiger partial charge in [0.25, 0.3) is 10.0 Å². The number of nitrogens with one attached hydrogen (secondary N) is 1. The van der Waals surface area contributed by atoms with Crippen LogP contribution >= 0.6 is 15.9 Å². The normalized spacial score (nSPS) is 11.1. The van der Waals surface area contributed by atoms with Crippen molar-refractivity contribution in [3.8, 4) is 0 Å². The fourth-order valence-electron chi connectivity index (χ4n) is 1.72. The number of aromatic carboxylic acids is 1. The fraction of sp³-hybridized carbons (Fsp3) is 0.0714. The van der Waals surface area contributed by atoms with E-state index < -0.39 is 16.0 Å². The van der Waals surface area contributed by atoms with Gasteiger partial charge in [0.1, 0.15) is 0 Å². The van der Waals surface area contributed by atoms with Crippen LogP contribution in [0.2, 0.25) is 0 Å². The Morgan fingerprint density at radius 2 is 1.76 bits per heavy atom. The van der Waals surface area contributed by atoms with Crippen LogP contribution in [0.4, 0.5) is 5.69 Å². The highest BCUT2D eigenvalue weighted by Crippen LogP contribution is 2.23. The molecule has 7 heteroatoms. The van der Waals surface area contributed by atoms with Crippen LogP contribution in [0.15, 0.2) is 51.8 Å². The molecule has 0 saturated heterocycles. The van der Waals surface area contributed by atoms with Gasteiger partial charge in [0, 0.05) is 4.47 Å². The first kappa shape index (κ1) is 15.5. The third-order valence-corrected chi connectivity index (χ3v) is 4.71. The second-order valence-corrected chi connectivity index (χ2v) is 6.97. The molecule has 21 heavy (non-hydrogen) atoms. The summed E-state index contributed by atoms with van der Waals surface area (Å²) in [6.07, 6.45) is 0. The summed E-state index contributed by atoms with van der Waals surface area (Å²) in [5.74, 6) is -1.35. The summed E-state index contributed by atoms with van der Waals surface area (Å²) in [6.45, 7) is 1.78. The zero-order chi connectivity index (χ0) is 15.6. The molecular weight excluding hydrogens is 358 g/mol. The Morgan fingerprint density at radius 1 is 1.14 bits per heavy atom. The van der Waals surface area contributed by atoms with Crippen molar-refractivity contribution in [3.63, 3.8) is 0 Å². The third-order valence-electron chi connectivity index (χ3n) is 2.83. The maximum absolute atomic E-state index is 12.2. The molecule has 2 aromatic rings. The van der Waals surface area contributed by atoms with Gasteiger partial charge in [-0.25, -0.2) is 8.42 Å². The summed E-state index contributed by atoms with van der Waals surface area (Å²) in [5, 5.41) is 10.6. The molecular formula is C14H11BrNO4S-. The minimum absolute atomic E-state index is 0.0187. The first-order valence-electron chi connectivity index (χ1n) is 5.90. The maximum atomic E-state index is 12.2. The lowest BCUT2D eigenvalue weighted by atomic mass is 10.2. The van der Waals surface area contributed by atoms with Crippen LogP contribution in [0, 0.1) is 6.92 Å². The molecule has 110 valence electrons. The van der Waals surface area contributed by atoms with Crippen LogP contribution in [0.5, 0.6) is 0 Å². The number of aryl methyl sites for hydroxylation is 1. The summed E-state index contributed by atoms with van der Waals surface area (Å²) in [4.78, 5) is 10.6. The smallest absolute Gasteiger partial charge is 0.261 e. The van der Waals surface area contributed by atoms with E-state index in [-0.39, 0.29) is 10.5 Å². The van der Waals surface area contributed by atoms with E-state index in [1.807, 2.05) is 0 Å². The predicted molar refractivity (Wildman–Crippen MR) is 80.5 cm³/mol. The predicted octanol–water partition coefficient (Wildman–Crippen LogP) is 1.92. The van der Waals surface area contributed by atoms with Crippen LogP contribution in [0.25, 0.3) is 0 Å². The number of rotatable bonds is 4. The minimum atomic E-state index is -3.77. The van der Waals surface area contributed by atoms with Gasteiger partial charge >= 0.3 is 0 Å². The summed E-state index contributed by atoms with van der Waals surface area (Å²) in [6, 6.07) is 9.99. The molecule has 0 bridgehead atoms. The minimum Gasteiger partial charge on any atom is -0.545 e. The SMILES string of the molecule is Cc1cc(Br)ccc1NS(=O)(=O)c1ccc(C(=O)[O-])cc1. The number of hydrogen-bond acceptors (Lipinski definition) is 4. The average Bonchev–Trinajstić information content (AvgIpc) is 2.42. The number of carboxylic acids is 1. The van der Waals surface area contributed by atoms with Crippen molar-refractivity contribution >= 4 is 37.6 Å². The van der Waals surface area contributed by atoms with Crippen molar-refractivity contribution < 1.29 is 18.3 Å². The average molecular weight is 369 g/mol. The standard InChI is InChI=1S/C14H12BrNO4S/c1-9-8-11(15)4-7-13(9)16-21(19,20)12-5-2-10(3-6-12)14(17)18/h2-8,16H,1H3,(H,17,18)/p-1. The molecule has 0 unspecified atom stereocenters. The molecule has 0 aliphatic carbocycles. The lowest BCUT2D eigenvalue weighted by molar-refractivity contribution is -0.255. The Bertz CT molecular complexity index is 785. The fourth-order valence-corrected chi connectivity index (χ4v) is 3.32. The number of hydrogen-bond donors (Lipinski definition) is 1. The summed E-state index contributed by atoms with van der Waals surface area (Å²) in [7, 11) is -3.77. The first-order valence-corrected chi connectivity index (χ1v) is 8.17. The van der Waals surface area contributed by atoms with E-state index >= 15 is 0 Å². The molecule has 0 heterocycles. The Balaban J connectivity index is 2.31. The molecule has 0 fully saturated rings. The van der Waals surface area contributed by atoms with Gasteiger partial charge in [0.2, 0.25) is 0 Å². The summed E-state index contributed by atoms with van der Waals surface area (Å²) in [5.41, 5.74) is 1.15. The van der Waals surface area contributed by atoms with Gasteiger partial charge in [-0.05, 0) is 48.4 Å². The Labute approximate surface area is 130 Å². The van der Waals surface area contributed by atoms with Crippen molar-refractivity contribution in [3.05, 3.63) is 58.1 Å². The van der Waals surface area contributed by atoms with Crippen LogP contribution < -0.4 is 9.83 Å². The molecule has 0 aliphatic heterocycles. The highest BCUT2D eigenvalue weighted by Gasteiger charge is 2.15. The highest BCUT2D eigenvalue weighted by molar-refractivity contribution is 9.10. The van der Waals surface area contributed by atoms with Gasteiger partial charge in [-0.1, -0.05) is 28.1 Å². The molecule has 0 amide bonds. The molecule has 0 spiro atoms. The van der Waals surface area contributed by atoms with Crippen LogP contribution in [0.1, 0.15) is 15.9 Å². The third kappa shape index (κ3) is 3.62. The largest absolute Gasteiger partial charge is 0.545 e. The van der Waals surface area contributed by atoms with Crippen LogP contribution in [-0.2, 0) is 10.0 Å². The van der Waals surface area contributed by atoms with Crippen LogP contribution in [-0.4, -0.2) is 14.4 Å². The molecule has 0 saturated carbocycles. The summed E-state index contributed by atoms with van der Waals surface area (Å²) < 4.78 is 27.8. The highest BCUT2D eigenvalue weighted by atomic mass is 79.9. The van der Waals surface area contributed by atoms with Gasteiger partial charge in [-0.2, -0.15) is 0 Å². The number of halogens is 1. The van der Waals surface area contributed by atoms with Crippen molar-refractivity contribution in [2.45, 2.75) is 11.8 Å². The molecule has 0 radical (unpaired) electrons. The van der Waals surface area contributed by atoms with Crippen molar-refractivity contribution in [1.82, 2.24) is 0 Å². The van der Waals surface area contributed by atoms with E-state index in [0.717, 1.165) is 10.0 Å². The van der Waals surface area contributed by atoms with E-state index in [2.05, 4.69) is 20.7 Å². The topological polar surface area (TPSA) is 86.3 Å². The Hall–Kier alpha value is -1.86. The second kappa shape index (κ2) is 5.87. The molecule has 0 aromatic heterocycles. The van der Waals surface area contributed by atoms with E-state index in [1.54, 1.807) is 25.1 Å². The lowest BCUT2D eigenvalue weighted by Gasteiger charge is -2.11. The number of carbonyl (C=O) groups is 1.